The predicted molar refractivity (Wildman–Crippen MR) is 119 cm³/mol. The van der Waals surface area contributed by atoms with Gasteiger partial charge in [-0.25, -0.2) is 5.06 Å². The van der Waals surface area contributed by atoms with Crippen molar-refractivity contribution in [3.8, 4) is 0 Å². The van der Waals surface area contributed by atoms with E-state index in [0.29, 0.717) is 0 Å². The van der Waals surface area contributed by atoms with Crippen molar-refractivity contribution >= 4 is 23.6 Å². The molecule has 31 heavy (non-hydrogen) atoms. The van der Waals surface area contributed by atoms with Crippen LogP contribution in [0.1, 0.15) is 11.1 Å². The van der Waals surface area contributed by atoms with Gasteiger partial charge in [0.1, 0.15) is 5.92 Å². The summed E-state index contributed by atoms with van der Waals surface area (Å²) >= 11 is 0. The summed E-state index contributed by atoms with van der Waals surface area (Å²) in [6, 6.07) is 28.6. The number of imide groups is 1. The van der Waals surface area contributed by atoms with E-state index in [2.05, 4.69) is 0 Å². The molecule has 2 heterocycles. The lowest BCUT2D eigenvalue weighted by Crippen LogP contribution is -2.39. The number of hydroxylamine groups is 1. The molecule has 0 saturated carbocycles. The molecule has 0 radical (unpaired) electrons. The zero-order chi connectivity index (χ0) is 21.2. The summed E-state index contributed by atoms with van der Waals surface area (Å²) in [5.74, 6) is -1.06. The van der Waals surface area contributed by atoms with E-state index in [0.717, 1.165) is 16.8 Å². The third-order valence-electron chi connectivity index (χ3n) is 5.73. The minimum Gasteiger partial charge on any atom is -0.275 e. The Labute approximate surface area is 181 Å². The number of para-hydroxylation sites is 1. The molecule has 5 nitrogen and oxygen atoms in total. The van der Waals surface area contributed by atoms with E-state index >= 15 is 0 Å². The molecular weight excluding hydrogens is 388 g/mol. The van der Waals surface area contributed by atoms with Crippen molar-refractivity contribution in [3.05, 3.63) is 108 Å². The Bertz CT molecular complexity index is 1100. The van der Waals surface area contributed by atoms with Gasteiger partial charge >= 0.3 is 0 Å². The van der Waals surface area contributed by atoms with Crippen LogP contribution in [0.25, 0.3) is 6.08 Å². The molecule has 0 bridgehead atoms. The molecule has 2 aliphatic rings. The maximum absolute atomic E-state index is 13.4. The van der Waals surface area contributed by atoms with Gasteiger partial charge in [-0.3, -0.25) is 19.3 Å². The van der Waals surface area contributed by atoms with Crippen molar-refractivity contribution in [1.82, 2.24) is 4.90 Å². The fourth-order valence-electron chi connectivity index (χ4n) is 4.20. The fraction of sp³-hybridized carbons (Fsp3) is 0.154. The highest BCUT2D eigenvalue weighted by molar-refractivity contribution is 6.07. The number of rotatable bonds is 5. The van der Waals surface area contributed by atoms with Gasteiger partial charge in [-0.15, -0.1) is 0 Å². The fourth-order valence-corrected chi connectivity index (χ4v) is 4.20. The van der Waals surface area contributed by atoms with Crippen LogP contribution in [0.2, 0.25) is 0 Å². The second-order valence-corrected chi connectivity index (χ2v) is 7.72. The van der Waals surface area contributed by atoms with E-state index in [1.54, 1.807) is 5.06 Å². The Morgan fingerprint density at radius 2 is 1.39 bits per heavy atom. The summed E-state index contributed by atoms with van der Waals surface area (Å²) in [6.45, 7) is 0.259. The largest absolute Gasteiger partial charge is 0.275 e. The zero-order valence-corrected chi connectivity index (χ0v) is 16.9. The van der Waals surface area contributed by atoms with E-state index in [9.17, 15) is 9.59 Å². The van der Waals surface area contributed by atoms with Crippen molar-refractivity contribution in [2.75, 3.05) is 5.06 Å². The van der Waals surface area contributed by atoms with Crippen LogP contribution < -0.4 is 5.06 Å². The van der Waals surface area contributed by atoms with E-state index in [1.165, 1.54) is 4.90 Å². The maximum Gasteiger partial charge on any atom is 0.262 e. The average molecular weight is 410 g/mol. The van der Waals surface area contributed by atoms with Gasteiger partial charge in [-0.1, -0.05) is 91.0 Å². The highest BCUT2D eigenvalue weighted by Crippen LogP contribution is 2.39. The van der Waals surface area contributed by atoms with Gasteiger partial charge in [0, 0.05) is 0 Å². The quantitative estimate of drug-likeness (QED) is 0.595. The number of carbonyl (C=O) groups is 2. The van der Waals surface area contributed by atoms with Crippen molar-refractivity contribution in [2.45, 2.75) is 18.7 Å². The number of fused-ring (bicyclic) bond motifs is 1. The first-order chi connectivity index (χ1) is 15.2. The Morgan fingerprint density at radius 1 is 0.774 bits per heavy atom. The van der Waals surface area contributed by atoms with Gasteiger partial charge in [0.15, 0.2) is 6.10 Å². The first kappa shape index (κ1) is 19.3. The van der Waals surface area contributed by atoms with Crippen LogP contribution in [0.3, 0.4) is 0 Å². The monoisotopic (exact) mass is 410 g/mol. The zero-order valence-electron chi connectivity index (χ0n) is 16.9. The first-order valence-corrected chi connectivity index (χ1v) is 10.4. The summed E-state index contributed by atoms with van der Waals surface area (Å²) in [4.78, 5) is 33.9. The minimum atomic E-state index is -0.818. The number of benzene rings is 3. The average Bonchev–Trinajstić information content (AvgIpc) is 3.31. The van der Waals surface area contributed by atoms with Gasteiger partial charge in [0.2, 0.25) is 5.91 Å². The molecule has 0 unspecified atom stereocenters. The summed E-state index contributed by atoms with van der Waals surface area (Å²) < 4.78 is 0. The first-order valence-electron chi connectivity index (χ1n) is 10.4. The minimum absolute atomic E-state index is 0.194. The van der Waals surface area contributed by atoms with Crippen molar-refractivity contribution in [3.63, 3.8) is 0 Å². The molecular formula is C26H22N2O3. The van der Waals surface area contributed by atoms with Crippen LogP contribution >= 0.6 is 0 Å². The van der Waals surface area contributed by atoms with Gasteiger partial charge in [0.25, 0.3) is 5.91 Å². The van der Waals surface area contributed by atoms with Gasteiger partial charge in [0.05, 0.1) is 18.3 Å². The lowest BCUT2D eigenvalue weighted by atomic mass is 9.95. The highest BCUT2D eigenvalue weighted by atomic mass is 16.7. The highest BCUT2D eigenvalue weighted by Gasteiger charge is 2.58. The van der Waals surface area contributed by atoms with Crippen molar-refractivity contribution in [2.24, 2.45) is 5.92 Å². The summed E-state index contributed by atoms with van der Waals surface area (Å²) in [5, 5.41) is 1.70. The Balaban J connectivity index is 1.47. The third-order valence-corrected chi connectivity index (χ3v) is 5.73. The number of hydrogen-bond acceptors (Lipinski definition) is 4. The number of nitrogens with zero attached hydrogens (tertiary/aromatic N) is 2. The third kappa shape index (κ3) is 3.64. The molecule has 0 aromatic heterocycles. The SMILES string of the molecule is O=C1[C@H]2[C@@H](ON(c3ccccc3)[C@H]2/C=C/c2ccccc2)C(=O)N1Cc1ccccc1. The van der Waals surface area contributed by atoms with E-state index in [4.69, 9.17) is 4.84 Å². The molecule has 3 aromatic carbocycles. The van der Waals surface area contributed by atoms with E-state index in [1.807, 2.05) is 103 Å². The number of carbonyl (C=O) groups excluding carboxylic acids is 2. The molecule has 2 fully saturated rings. The lowest BCUT2D eigenvalue weighted by Gasteiger charge is -2.26. The van der Waals surface area contributed by atoms with E-state index < -0.39 is 12.0 Å². The Kier molecular flexibility index (Phi) is 5.10. The summed E-state index contributed by atoms with van der Waals surface area (Å²) in [5.41, 5.74) is 2.76. The molecule has 5 heteroatoms. The standard InChI is InChI=1S/C26H22N2O3/c29-25-23-22(17-16-19-10-4-1-5-11-19)28(21-14-8-3-9-15-21)31-24(23)26(30)27(25)18-20-12-6-2-7-13-20/h1-17,22-24H,18H2/b17-16+/t22-,23+,24+/m0/s1. The van der Waals surface area contributed by atoms with Crippen molar-refractivity contribution < 1.29 is 14.4 Å². The maximum atomic E-state index is 13.4. The molecule has 3 aromatic rings. The van der Waals surface area contributed by atoms with Crippen LogP contribution in [0.5, 0.6) is 0 Å². The molecule has 0 N–H and O–H groups in total. The topological polar surface area (TPSA) is 49.9 Å². The Morgan fingerprint density at radius 3 is 2.06 bits per heavy atom. The number of amides is 2. The summed E-state index contributed by atoms with van der Waals surface area (Å²) in [7, 11) is 0. The molecule has 2 aliphatic heterocycles. The van der Waals surface area contributed by atoms with Crippen molar-refractivity contribution in [1.29, 1.82) is 0 Å². The van der Waals surface area contributed by atoms with Crippen LogP contribution in [0, 0.1) is 5.92 Å². The second kappa shape index (κ2) is 8.20. The van der Waals surface area contributed by atoms with Crippen LogP contribution in [-0.2, 0) is 21.0 Å². The number of likely N-dealkylation sites (tertiary alicyclic amines) is 1. The van der Waals surface area contributed by atoms with Gasteiger partial charge < -0.3 is 0 Å². The summed E-state index contributed by atoms with van der Waals surface area (Å²) in [6.07, 6.45) is 3.12. The lowest BCUT2D eigenvalue weighted by molar-refractivity contribution is -0.143. The Hall–Kier alpha value is -3.70. The molecule has 0 aliphatic carbocycles. The molecule has 0 spiro atoms. The molecule has 5 rings (SSSR count). The van der Waals surface area contributed by atoms with Crippen LogP contribution in [0.15, 0.2) is 97.1 Å². The van der Waals surface area contributed by atoms with Crippen LogP contribution in [-0.4, -0.2) is 28.9 Å². The molecule has 2 amide bonds. The van der Waals surface area contributed by atoms with Gasteiger partial charge in [-0.05, 0) is 23.3 Å². The second-order valence-electron chi connectivity index (χ2n) is 7.72. The molecule has 154 valence electrons. The molecule has 3 atom stereocenters. The van der Waals surface area contributed by atoms with E-state index in [-0.39, 0.29) is 24.4 Å². The normalized spacial score (nSPS) is 23.0. The van der Waals surface area contributed by atoms with Crippen LogP contribution in [0.4, 0.5) is 5.69 Å². The smallest absolute Gasteiger partial charge is 0.262 e. The molecule has 2 saturated heterocycles. The van der Waals surface area contributed by atoms with Gasteiger partial charge in [-0.2, -0.15) is 0 Å². The predicted octanol–water partition coefficient (Wildman–Crippen LogP) is 4.07. The number of anilines is 1. The number of hydrogen-bond donors (Lipinski definition) is 0.